The Kier molecular flexibility index (Phi) is 8.41. The molecule has 150 valence electrons. The zero-order valence-electron chi connectivity index (χ0n) is 15.2. The number of ether oxygens (including phenoxy) is 2. The maximum Gasteiger partial charge on any atom is 0.279 e. The fraction of sp³-hybridized carbons (Fsp3) is 0.263. The van der Waals surface area contributed by atoms with Gasteiger partial charge in [-0.05, 0) is 65.7 Å². The average Bonchev–Trinajstić information content (AvgIpc) is 2.66. The second kappa shape index (κ2) is 10.5. The molecule has 6 nitrogen and oxygen atoms in total. The Morgan fingerprint density at radius 3 is 2.46 bits per heavy atom. The minimum absolute atomic E-state index is 0.284. The van der Waals surface area contributed by atoms with Gasteiger partial charge in [-0.1, -0.05) is 30.1 Å². The highest BCUT2D eigenvalue weighted by molar-refractivity contribution is 9.10. The van der Waals surface area contributed by atoms with Crippen molar-refractivity contribution in [1.29, 1.82) is 0 Å². The van der Waals surface area contributed by atoms with E-state index in [1.165, 1.54) is 13.0 Å². The summed E-state index contributed by atoms with van der Waals surface area (Å²) in [5, 5.41) is 0.741. The molecule has 0 aliphatic carbocycles. The van der Waals surface area contributed by atoms with Crippen molar-refractivity contribution in [3.05, 3.63) is 56.5 Å². The molecule has 0 saturated carbocycles. The lowest BCUT2D eigenvalue weighted by atomic mass is 10.2. The molecule has 0 spiro atoms. The molecule has 2 aromatic rings. The van der Waals surface area contributed by atoms with E-state index in [1.807, 2.05) is 6.92 Å². The van der Waals surface area contributed by atoms with E-state index < -0.39 is 17.9 Å². The Labute approximate surface area is 181 Å². The summed E-state index contributed by atoms with van der Waals surface area (Å²) in [6.45, 7) is 4.11. The molecular formula is C19H19BrCl2N2O4. The van der Waals surface area contributed by atoms with E-state index in [0.717, 1.165) is 6.42 Å². The molecule has 0 aliphatic heterocycles. The summed E-state index contributed by atoms with van der Waals surface area (Å²) >= 11 is 15.2. The molecule has 28 heavy (non-hydrogen) atoms. The number of carbonyl (C=O) groups is 2. The third-order valence-corrected chi connectivity index (χ3v) is 4.67. The minimum atomic E-state index is -0.893. The fourth-order valence-corrected chi connectivity index (χ4v) is 3.02. The van der Waals surface area contributed by atoms with E-state index in [4.69, 9.17) is 32.7 Å². The van der Waals surface area contributed by atoms with Crippen molar-refractivity contribution < 1.29 is 19.1 Å². The third kappa shape index (κ3) is 6.29. The molecule has 1 unspecified atom stereocenters. The lowest BCUT2D eigenvalue weighted by Gasteiger charge is -2.16. The number of carbonyl (C=O) groups excluding carboxylic acids is 2. The van der Waals surface area contributed by atoms with Crippen molar-refractivity contribution in [3.8, 4) is 11.5 Å². The van der Waals surface area contributed by atoms with E-state index in [2.05, 4.69) is 26.8 Å². The maximum absolute atomic E-state index is 12.2. The van der Waals surface area contributed by atoms with Gasteiger partial charge in [0.25, 0.3) is 11.8 Å². The zero-order valence-corrected chi connectivity index (χ0v) is 18.3. The minimum Gasteiger partial charge on any atom is -0.492 e. The van der Waals surface area contributed by atoms with E-state index >= 15 is 0 Å². The molecule has 9 heteroatoms. The van der Waals surface area contributed by atoms with E-state index in [9.17, 15) is 9.59 Å². The van der Waals surface area contributed by atoms with Crippen LogP contribution in [0.2, 0.25) is 10.0 Å². The van der Waals surface area contributed by atoms with Crippen LogP contribution in [0.25, 0.3) is 0 Å². The third-order valence-electron chi connectivity index (χ3n) is 3.52. The first kappa shape index (κ1) is 22.3. The van der Waals surface area contributed by atoms with Crippen LogP contribution in [0.3, 0.4) is 0 Å². The molecule has 1 atom stereocenters. The standard InChI is InChI=1S/C19H19BrCl2N2O4/c1-3-8-27-16-6-4-12(9-14(16)20)19(26)24-23-18(25)11(2)28-17-7-5-13(21)10-15(17)22/h4-7,9-11H,3,8H2,1-2H3,(H,23,25)(H,24,26). The number of nitrogens with one attached hydrogen (secondary N) is 2. The van der Waals surface area contributed by atoms with Gasteiger partial charge in [0.15, 0.2) is 6.10 Å². The van der Waals surface area contributed by atoms with Gasteiger partial charge in [0.2, 0.25) is 0 Å². The fourth-order valence-electron chi connectivity index (χ4n) is 2.08. The van der Waals surface area contributed by atoms with Gasteiger partial charge in [0.1, 0.15) is 11.5 Å². The molecule has 0 bridgehead atoms. The first-order valence-electron chi connectivity index (χ1n) is 8.46. The molecule has 0 heterocycles. The van der Waals surface area contributed by atoms with Crippen LogP contribution >= 0.6 is 39.1 Å². The van der Waals surface area contributed by atoms with Gasteiger partial charge in [-0.15, -0.1) is 0 Å². The Balaban J connectivity index is 1.90. The first-order chi connectivity index (χ1) is 13.3. The second-order valence-corrected chi connectivity index (χ2v) is 7.47. The summed E-state index contributed by atoms with van der Waals surface area (Å²) in [5.74, 6) is -0.0647. The predicted molar refractivity (Wildman–Crippen MR) is 112 cm³/mol. The normalized spacial score (nSPS) is 11.5. The molecule has 2 N–H and O–H groups in total. The van der Waals surface area contributed by atoms with Crippen molar-refractivity contribution >= 4 is 50.9 Å². The molecule has 0 saturated heterocycles. The lowest BCUT2D eigenvalue weighted by Crippen LogP contribution is -2.47. The topological polar surface area (TPSA) is 76.7 Å². The highest BCUT2D eigenvalue weighted by Crippen LogP contribution is 2.28. The smallest absolute Gasteiger partial charge is 0.279 e. The van der Waals surface area contributed by atoms with Crippen molar-refractivity contribution in [2.75, 3.05) is 6.61 Å². The number of hydrazine groups is 1. The van der Waals surface area contributed by atoms with Crippen LogP contribution in [0.4, 0.5) is 0 Å². The Morgan fingerprint density at radius 2 is 1.82 bits per heavy atom. The summed E-state index contributed by atoms with van der Waals surface area (Å²) in [4.78, 5) is 24.4. The molecule has 0 aromatic heterocycles. The summed E-state index contributed by atoms with van der Waals surface area (Å²) in [6.07, 6.45) is -0.0158. The Hall–Kier alpha value is -1.96. The van der Waals surface area contributed by atoms with Crippen LogP contribution in [0.5, 0.6) is 11.5 Å². The van der Waals surface area contributed by atoms with Gasteiger partial charge >= 0.3 is 0 Å². The number of hydrogen-bond acceptors (Lipinski definition) is 4. The number of hydrogen-bond donors (Lipinski definition) is 2. The molecule has 0 aliphatic rings. The van der Waals surface area contributed by atoms with Gasteiger partial charge in [0.05, 0.1) is 16.1 Å². The molecule has 2 aromatic carbocycles. The number of amides is 2. The van der Waals surface area contributed by atoms with Crippen LogP contribution in [-0.2, 0) is 4.79 Å². The molecular weight excluding hydrogens is 471 g/mol. The maximum atomic E-state index is 12.2. The quantitative estimate of drug-likeness (QED) is 0.549. The SMILES string of the molecule is CCCOc1ccc(C(=O)NNC(=O)C(C)Oc2ccc(Cl)cc2Cl)cc1Br. The van der Waals surface area contributed by atoms with E-state index in [0.29, 0.717) is 33.2 Å². The van der Waals surface area contributed by atoms with E-state index in [1.54, 1.807) is 30.3 Å². The molecule has 0 radical (unpaired) electrons. The zero-order chi connectivity index (χ0) is 20.7. The van der Waals surface area contributed by atoms with Gasteiger partial charge in [-0.3, -0.25) is 20.4 Å². The predicted octanol–water partition coefficient (Wildman–Crippen LogP) is 4.77. The van der Waals surface area contributed by atoms with Crippen molar-refractivity contribution in [2.24, 2.45) is 0 Å². The molecule has 2 amide bonds. The number of rotatable bonds is 7. The van der Waals surface area contributed by atoms with Crippen molar-refractivity contribution in [2.45, 2.75) is 26.4 Å². The number of benzene rings is 2. The monoisotopic (exact) mass is 488 g/mol. The van der Waals surface area contributed by atoms with E-state index in [-0.39, 0.29) is 5.02 Å². The van der Waals surface area contributed by atoms with Crippen LogP contribution in [-0.4, -0.2) is 24.5 Å². The van der Waals surface area contributed by atoms with Crippen LogP contribution in [0.1, 0.15) is 30.6 Å². The summed E-state index contributed by atoms with van der Waals surface area (Å²) in [5.41, 5.74) is 5.02. The second-order valence-electron chi connectivity index (χ2n) is 5.77. The van der Waals surface area contributed by atoms with Crippen LogP contribution < -0.4 is 20.3 Å². The van der Waals surface area contributed by atoms with Crippen LogP contribution in [0, 0.1) is 0 Å². The Morgan fingerprint density at radius 1 is 1.11 bits per heavy atom. The van der Waals surface area contributed by atoms with Gasteiger partial charge in [0, 0.05) is 10.6 Å². The van der Waals surface area contributed by atoms with Gasteiger partial charge < -0.3 is 9.47 Å². The van der Waals surface area contributed by atoms with Crippen molar-refractivity contribution in [1.82, 2.24) is 10.9 Å². The Bertz CT molecular complexity index is 864. The van der Waals surface area contributed by atoms with Crippen molar-refractivity contribution in [3.63, 3.8) is 0 Å². The van der Waals surface area contributed by atoms with Gasteiger partial charge in [-0.25, -0.2) is 0 Å². The largest absolute Gasteiger partial charge is 0.492 e. The first-order valence-corrected chi connectivity index (χ1v) is 10.0. The summed E-state index contributed by atoms with van der Waals surface area (Å²) in [6, 6.07) is 9.57. The van der Waals surface area contributed by atoms with Crippen LogP contribution in [0.15, 0.2) is 40.9 Å². The average molecular weight is 490 g/mol. The molecule has 2 rings (SSSR count). The lowest BCUT2D eigenvalue weighted by molar-refractivity contribution is -0.128. The number of halogens is 3. The highest BCUT2D eigenvalue weighted by atomic mass is 79.9. The van der Waals surface area contributed by atoms with Gasteiger partial charge in [-0.2, -0.15) is 0 Å². The molecule has 0 fully saturated rings. The highest BCUT2D eigenvalue weighted by Gasteiger charge is 2.18. The summed E-state index contributed by atoms with van der Waals surface area (Å²) < 4.78 is 11.7. The summed E-state index contributed by atoms with van der Waals surface area (Å²) in [7, 11) is 0.